The average molecular weight is 459 g/mol. The third kappa shape index (κ3) is 5.93. The molecule has 2 saturated carbocycles. The molecule has 2 aliphatic rings. The minimum absolute atomic E-state index is 0.0618. The predicted molar refractivity (Wildman–Crippen MR) is 131 cm³/mol. The Morgan fingerprint density at radius 3 is 1.88 bits per heavy atom. The van der Waals surface area contributed by atoms with E-state index in [1.165, 1.54) is 76.3 Å². The van der Waals surface area contributed by atoms with Gasteiger partial charge in [0.05, 0.1) is 5.02 Å². The maximum absolute atomic E-state index is 14.8. The van der Waals surface area contributed by atoms with Crippen LogP contribution in [0.4, 0.5) is 8.78 Å². The van der Waals surface area contributed by atoms with E-state index in [1.54, 1.807) is 18.2 Å². The lowest BCUT2D eigenvalue weighted by Crippen LogP contribution is -2.17. The van der Waals surface area contributed by atoms with E-state index in [2.05, 4.69) is 6.92 Å². The van der Waals surface area contributed by atoms with Gasteiger partial charge >= 0.3 is 0 Å². The van der Waals surface area contributed by atoms with Gasteiger partial charge < -0.3 is 0 Å². The molecule has 0 unspecified atom stereocenters. The van der Waals surface area contributed by atoms with E-state index in [1.807, 2.05) is 6.07 Å². The molecule has 0 N–H and O–H groups in total. The van der Waals surface area contributed by atoms with Crippen molar-refractivity contribution in [3.05, 3.63) is 58.6 Å². The van der Waals surface area contributed by atoms with Crippen LogP contribution in [0.2, 0.25) is 5.02 Å². The molecule has 0 amide bonds. The van der Waals surface area contributed by atoms with Crippen molar-refractivity contribution in [3.8, 4) is 11.1 Å². The van der Waals surface area contributed by atoms with E-state index < -0.39 is 5.82 Å². The lowest BCUT2D eigenvalue weighted by Gasteiger charge is -2.32. The van der Waals surface area contributed by atoms with Gasteiger partial charge in [-0.2, -0.15) is 0 Å². The van der Waals surface area contributed by atoms with Gasteiger partial charge in [-0.1, -0.05) is 88.1 Å². The quantitative estimate of drug-likeness (QED) is 0.387. The van der Waals surface area contributed by atoms with Gasteiger partial charge in [-0.15, -0.1) is 0 Å². The molecule has 4 rings (SSSR count). The first-order chi connectivity index (χ1) is 15.5. The van der Waals surface area contributed by atoms with Gasteiger partial charge in [0.2, 0.25) is 0 Å². The Labute approximate surface area is 197 Å². The summed E-state index contributed by atoms with van der Waals surface area (Å²) in [6.07, 6.45) is 16.2. The second kappa shape index (κ2) is 11.1. The number of hydrogen-bond acceptors (Lipinski definition) is 0. The fraction of sp³-hybridized carbons (Fsp3) is 0.586. The molecule has 0 saturated heterocycles. The van der Waals surface area contributed by atoms with Crippen molar-refractivity contribution < 1.29 is 8.78 Å². The SMILES string of the molecule is CCCC1CCC(CCC2CCC(c3ccc(-c4ccc(Cl)c(F)c4)c(F)c3)CC2)CC1. The molecule has 0 spiro atoms. The largest absolute Gasteiger partial charge is 0.206 e. The summed E-state index contributed by atoms with van der Waals surface area (Å²) in [5.74, 6) is 2.46. The summed E-state index contributed by atoms with van der Waals surface area (Å²) in [6.45, 7) is 2.31. The van der Waals surface area contributed by atoms with E-state index in [0.717, 1.165) is 36.2 Å². The lowest BCUT2D eigenvalue weighted by atomic mass is 9.74. The summed E-state index contributed by atoms with van der Waals surface area (Å²) in [6, 6.07) is 9.96. The smallest absolute Gasteiger partial charge is 0.142 e. The van der Waals surface area contributed by atoms with Crippen molar-refractivity contribution in [1.29, 1.82) is 0 Å². The number of rotatable bonds is 7. The second-order valence-electron chi connectivity index (χ2n) is 10.3. The minimum atomic E-state index is -0.514. The van der Waals surface area contributed by atoms with Crippen LogP contribution in [0.5, 0.6) is 0 Å². The van der Waals surface area contributed by atoms with Crippen LogP contribution in [0, 0.1) is 29.4 Å². The van der Waals surface area contributed by atoms with Crippen LogP contribution >= 0.6 is 11.6 Å². The van der Waals surface area contributed by atoms with Crippen molar-refractivity contribution in [2.75, 3.05) is 0 Å². The van der Waals surface area contributed by atoms with Crippen LogP contribution in [-0.4, -0.2) is 0 Å². The van der Waals surface area contributed by atoms with E-state index >= 15 is 0 Å². The number of hydrogen-bond donors (Lipinski definition) is 0. The van der Waals surface area contributed by atoms with Gasteiger partial charge in [0.15, 0.2) is 0 Å². The van der Waals surface area contributed by atoms with Gasteiger partial charge in [0.1, 0.15) is 11.6 Å². The molecule has 0 heterocycles. The van der Waals surface area contributed by atoms with Crippen LogP contribution < -0.4 is 0 Å². The van der Waals surface area contributed by atoms with Crippen molar-refractivity contribution in [1.82, 2.24) is 0 Å². The molecule has 2 fully saturated rings. The van der Waals surface area contributed by atoms with E-state index in [-0.39, 0.29) is 10.8 Å². The maximum atomic E-state index is 14.8. The van der Waals surface area contributed by atoms with Gasteiger partial charge in [-0.05, 0) is 78.7 Å². The summed E-state index contributed by atoms with van der Waals surface area (Å²) in [4.78, 5) is 0. The zero-order valence-electron chi connectivity index (χ0n) is 19.4. The third-order valence-corrected chi connectivity index (χ3v) is 8.49. The highest BCUT2D eigenvalue weighted by Gasteiger charge is 2.25. The molecule has 3 heteroatoms. The summed E-state index contributed by atoms with van der Waals surface area (Å²) >= 11 is 5.76. The fourth-order valence-corrected chi connectivity index (χ4v) is 6.27. The Morgan fingerprint density at radius 2 is 1.31 bits per heavy atom. The summed E-state index contributed by atoms with van der Waals surface area (Å²) in [5.41, 5.74) is 2.06. The molecular weight excluding hydrogens is 422 g/mol. The predicted octanol–water partition coefficient (Wildman–Crippen LogP) is 9.95. The summed E-state index contributed by atoms with van der Waals surface area (Å²) in [5, 5.41) is 0.0618. The summed E-state index contributed by atoms with van der Waals surface area (Å²) in [7, 11) is 0. The van der Waals surface area contributed by atoms with Crippen molar-refractivity contribution >= 4 is 11.6 Å². The third-order valence-electron chi connectivity index (χ3n) is 8.19. The highest BCUT2D eigenvalue weighted by Crippen LogP contribution is 2.41. The molecule has 0 nitrogen and oxygen atoms in total. The Balaban J connectivity index is 1.26. The number of halogens is 3. The van der Waals surface area contributed by atoms with Gasteiger partial charge in [-0.25, -0.2) is 8.78 Å². The number of benzene rings is 2. The molecule has 0 aliphatic heterocycles. The van der Waals surface area contributed by atoms with E-state index in [4.69, 9.17) is 11.6 Å². The second-order valence-corrected chi connectivity index (χ2v) is 10.7. The fourth-order valence-electron chi connectivity index (χ4n) is 6.16. The molecule has 0 radical (unpaired) electrons. The minimum Gasteiger partial charge on any atom is -0.206 e. The normalized spacial score (nSPS) is 26.2. The maximum Gasteiger partial charge on any atom is 0.142 e. The van der Waals surface area contributed by atoms with Crippen LogP contribution in [0.15, 0.2) is 36.4 Å². The molecule has 2 aromatic rings. The zero-order valence-corrected chi connectivity index (χ0v) is 20.1. The Kier molecular flexibility index (Phi) is 8.27. The lowest BCUT2D eigenvalue weighted by molar-refractivity contribution is 0.224. The highest BCUT2D eigenvalue weighted by atomic mass is 35.5. The van der Waals surface area contributed by atoms with Crippen LogP contribution in [0.3, 0.4) is 0 Å². The Morgan fingerprint density at radius 1 is 0.719 bits per heavy atom. The van der Waals surface area contributed by atoms with Gasteiger partial charge in [0.25, 0.3) is 0 Å². The molecular formula is C29H37ClF2. The zero-order chi connectivity index (χ0) is 22.5. The van der Waals surface area contributed by atoms with Crippen molar-refractivity contribution in [2.45, 2.75) is 89.9 Å². The van der Waals surface area contributed by atoms with E-state index in [0.29, 0.717) is 17.0 Å². The van der Waals surface area contributed by atoms with Crippen LogP contribution in [0.1, 0.15) is 95.5 Å². The average Bonchev–Trinajstić information content (AvgIpc) is 2.81. The highest BCUT2D eigenvalue weighted by molar-refractivity contribution is 6.30. The topological polar surface area (TPSA) is 0 Å². The van der Waals surface area contributed by atoms with Crippen LogP contribution in [-0.2, 0) is 0 Å². The molecule has 0 aromatic heterocycles. The molecule has 32 heavy (non-hydrogen) atoms. The van der Waals surface area contributed by atoms with Gasteiger partial charge in [0, 0.05) is 5.56 Å². The molecule has 0 atom stereocenters. The van der Waals surface area contributed by atoms with Crippen molar-refractivity contribution in [2.24, 2.45) is 17.8 Å². The van der Waals surface area contributed by atoms with Gasteiger partial charge in [-0.3, -0.25) is 0 Å². The van der Waals surface area contributed by atoms with Crippen molar-refractivity contribution in [3.63, 3.8) is 0 Å². The molecule has 0 bridgehead atoms. The first-order valence-electron chi connectivity index (χ1n) is 12.8. The molecule has 174 valence electrons. The molecule has 2 aromatic carbocycles. The van der Waals surface area contributed by atoms with Crippen LogP contribution in [0.25, 0.3) is 11.1 Å². The first kappa shape index (κ1) is 23.7. The molecule has 2 aliphatic carbocycles. The standard InChI is InChI=1S/C29H37ClF2/c1-2-3-20-4-6-21(7-5-20)8-9-22-10-12-23(13-11-22)24-14-16-26(28(31)18-24)25-15-17-27(30)29(32)19-25/h14-23H,2-13H2,1H3. The van der Waals surface area contributed by atoms with E-state index in [9.17, 15) is 8.78 Å². The first-order valence-corrected chi connectivity index (χ1v) is 13.2. The Hall–Kier alpha value is -1.41. The summed E-state index contributed by atoms with van der Waals surface area (Å²) < 4.78 is 28.6. The monoisotopic (exact) mass is 458 g/mol. The Bertz CT molecular complexity index is 877.